The first-order valence-electron chi connectivity index (χ1n) is 13.0. The molecule has 0 aromatic carbocycles. The maximum absolute atomic E-state index is 12.8. The quantitative estimate of drug-likeness (QED) is 0.241. The number of hydrogen-bond acceptors (Lipinski definition) is 9. The Hall–Kier alpha value is -1.33. The first-order valence-corrected chi connectivity index (χ1v) is 13.0. The Morgan fingerprint density at radius 3 is 2.50 bits per heavy atom. The molecule has 1 heterocycles. The predicted molar refractivity (Wildman–Crippen MR) is 132 cm³/mol. The van der Waals surface area contributed by atoms with Crippen LogP contribution in [0.15, 0.2) is 23.3 Å². The number of aliphatic hydroxyl groups excluding tert-OH is 5. The Balaban J connectivity index is 2.03. The molecule has 1 saturated heterocycles. The predicted octanol–water partition coefficient (Wildman–Crippen LogP) is 1.45. The number of carbonyl (C=O) groups is 1. The Labute approximate surface area is 213 Å². The summed E-state index contributed by atoms with van der Waals surface area (Å²) in [5.41, 5.74) is 0.670. The molecule has 0 radical (unpaired) electrons. The zero-order valence-corrected chi connectivity index (χ0v) is 22.1. The molecule has 3 rings (SSSR count). The molecule has 2 aliphatic carbocycles. The summed E-state index contributed by atoms with van der Waals surface area (Å²) in [6.45, 7) is 7.68. The van der Waals surface area contributed by atoms with Crippen LogP contribution in [-0.2, 0) is 19.0 Å². The van der Waals surface area contributed by atoms with Gasteiger partial charge in [0.05, 0.1) is 26.4 Å². The largest absolute Gasteiger partial charge is 0.466 e. The summed E-state index contributed by atoms with van der Waals surface area (Å²) in [5, 5.41) is 50.4. The van der Waals surface area contributed by atoms with Crippen molar-refractivity contribution in [2.45, 2.75) is 96.6 Å². The molecule has 9 nitrogen and oxygen atoms in total. The lowest BCUT2D eigenvalue weighted by molar-refractivity contribution is -0.326. The third-order valence-electron chi connectivity index (χ3n) is 9.29. The third kappa shape index (κ3) is 5.16. The zero-order valence-electron chi connectivity index (χ0n) is 22.1. The van der Waals surface area contributed by atoms with E-state index < -0.39 is 54.2 Å². The minimum absolute atomic E-state index is 0.0460. The van der Waals surface area contributed by atoms with Crippen molar-refractivity contribution in [1.29, 1.82) is 0 Å². The van der Waals surface area contributed by atoms with Crippen molar-refractivity contribution in [1.82, 2.24) is 0 Å². The highest BCUT2D eigenvalue weighted by molar-refractivity contribution is 5.90. The monoisotopic (exact) mass is 512 g/mol. The lowest BCUT2D eigenvalue weighted by Gasteiger charge is -2.60. The second-order valence-corrected chi connectivity index (χ2v) is 11.2. The summed E-state index contributed by atoms with van der Waals surface area (Å²) in [7, 11) is 1.40. The average Bonchev–Trinajstić information content (AvgIpc) is 2.85. The molecule has 9 heteroatoms. The van der Waals surface area contributed by atoms with Crippen LogP contribution in [0.4, 0.5) is 0 Å². The molecule has 0 aromatic rings. The molecule has 0 amide bonds. The molecule has 36 heavy (non-hydrogen) atoms. The molecular formula is C27H44O9. The molecule has 0 aromatic heterocycles. The van der Waals surface area contributed by atoms with E-state index in [9.17, 15) is 30.3 Å². The van der Waals surface area contributed by atoms with Crippen LogP contribution in [-0.4, -0.2) is 88.6 Å². The van der Waals surface area contributed by atoms with Gasteiger partial charge in [-0.1, -0.05) is 38.5 Å². The number of rotatable bonds is 8. The van der Waals surface area contributed by atoms with Gasteiger partial charge >= 0.3 is 5.97 Å². The third-order valence-corrected chi connectivity index (χ3v) is 9.29. The van der Waals surface area contributed by atoms with Crippen molar-refractivity contribution in [2.24, 2.45) is 22.7 Å². The molecule has 1 aliphatic heterocycles. The van der Waals surface area contributed by atoms with E-state index in [-0.39, 0.29) is 24.4 Å². The number of methoxy groups -OCH3 is 1. The topological polar surface area (TPSA) is 146 Å². The molecule has 0 spiro atoms. The molecule has 5 N–H and O–H groups in total. The zero-order chi connectivity index (χ0) is 26.8. The minimum atomic E-state index is -1.54. The van der Waals surface area contributed by atoms with Crippen molar-refractivity contribution < 1.29 is 44.5 Å². The van der Waals surface area contributed by atoms with Gasteiger partial charge in [-0.25, -0.2) is 4.79 Å². The van der Waals surface area contributed by atoms with Crippen LogP contribution < -0.4 is 0 Å². The van der Waals surface area contributed by atoms with Gasteiger partial charge in [-0.15, -0.1) is 0 Å². The summed E-state index contributed by atoms with van der Waals surface area (Å²) in [6, 6.07) is 0. The van der Waals surface area contributed by atoms with Gasteiger partial charge < -0.3 is 39.7 Å². The minimum Gasteiger partial charge on any atom is -0.466 e. The fourth-order valence-electron chi connectivity index (χ4n) is 6.87. The van der Waals surface area contributed by atoms with Crippen LogP contribution >= 0.6 is 0 Å². The summed E-state index contributed by atoms with van der Waals surface area (Å²) < 4.78 is 17.3. The molecule has 2 fully saturated rings. The van der Waals surface area contributed by atoms with E-state index in [0.717, 1.165) is 31.3 Å². The van der Waals surface area contributed by atoms with Crippen molar-refractivity contribution in [3.8, 4) is 0 Å². The number of carbonyl (C=O) groups excluding carboxylic acids is 1. The number of aliphatic hydroxyl groups is 5. The summed E-state index contributed by atoms with van der Waals surface area (Å²) in [4.78, 5) is 12.8. The fraction of sp³-hybridized carbons (Fsp3) is 0.815. The van der Waals surface area contributed by atoms with Gasteiger partial charge in [-0.05, 0) is 50.9 Å². The van der Waals surface area contributed by atoms with Crippen molar-refractivity contribution in [2.75, 3.05) is 20.3 Å². The van der Waals surface area contributed by atoms with E-state index >= 15 is 0 Å². The Kier molecular flexibility index (Phi) is 9.41. The van der Waals surface area contributed by atoms with Gasteiger partial charge in [-0.3, -0.25) is 0 Å². The van der Waals surface area contributed by atoms with E-state index in [4.69, 9.17) is 14.2 Å². The average molecular weight is 513 g/mol. The van der Waals surface area contributed by atoms with Gasteiger partial charge in [-0.2, -0.15) is 0 Å². The van der Waals surface area contributed by atoms with Crippen LogP contribution in [0.5, 0.6) is 0 Å². The number of esters is 1. The number of allylic oxidation sites excluding steroid dienone is 1. The van der Waals surface area contributed by atoms with Crippen LogP contribution in [0.3, 0.4) is 0 Å². The van der Waals surface area contributed by atoms with Gasteiger partial charge in [0.2, 0.25) is 0 Å². The summed E-state index contributed by atoms with van der Waals surface area (Å²) in [6.07, 6.45) is -0.0276. The normalized spacial score (nSPS) is 42.3. The van der Waals surface area contributed by atoms with Crippen LogP contribution in [0.2, 0.25) is 0 Å². The van der Waals surface area contributed by atoms with Crippen LogP contribution in [0.25, 0.3) is 0 Å². The number of fused-ring (bicyclic) bond motifs is 1. The van der Waals surface area contributed by atoms with Gasteiger partial charge in [0.1, 0.15) is 24.4 Å². The van der Waals surface area contributed by atoms with Crippen molar-refractivity contribution in [3.05, 3.63) is 23.3 Å². The Bertz CT molecular complexity index is 839. The summed E-state index contributed by atoms with van der Waals surface area (Å²) >= 11 is 0. The van der Waals surface area contributed by atoms with E-state index in [1.807, 2.05) is 13.0 Å². The molecule has 10 atom stereocenters. The Morgan fingerprint density at radius 2 is 1.89 bits per heavy atom. The smallest absolute Gasteiger partial charge is 0.333 e. The van der Waals surface area contributed by atoms with Crippen molar-refractivity contribution >= 4 is 5.97 Å². The van der Waals surface area contributed by atoms with E-state index in [1.165, 1.54) is 7.11 Å². The number of hydrogen-bond donors (Lipinski definition) is 5. The number of ether oxygens (including phenoxy) is 3. The van der Waals surface area contributed by atoms with Gasteiger partial charge in [0.15, 0.2) is 6.29 Å². The highest BCUT2D eigenvalue weighted by atomic mass is 16.7. The second kappa shape index (κ2) is 11.6. The van der Waals surface area contributed by atoms with E-state index in [1.54, 1.807) is 6.08 Å². The van der Waals surface area contributed by atoms with Gasteiger partial charge in [0.25, 0.3) is 0 Å². The molecule has 206 valence electrons. The lowest BCUT2D eigenvalue weighted by atomic mass is 9.46. The van der Waals surface area contributed by atoms with Crippen molar-refractivity contribution in [3.63, 3.8) is 0 Å². The van der Waals surface area contributed by atoms with Crippen LogP contribution in [0.1, 0.15) is 59.8 Å². The molecule has 3 aliphatic rings. The fourth-order valence-corrected chi connectivity index (χ4v) is 6.87. The Morgan fingerprint density at radius 1 is 1.19 bits per heavy atom. The first-order chi connectivity index (χ1) is 16.9. The van der Waals surface area contributed by atoms with Gasteiger partial charge in [0, 0.05) is 16.4 Å². The second-order valence-electron chi connectivity index (χ2n) is 11.2. The maximum atomic E-state index is 12.8. The highest BCUT2D eigenvalue weighted by Gasteiger charge is 2.59. The van der Waals surface area contributed by atoms with Crippen LogP contribution in [0, 0.1) is 22.7 Å². The SMILES string of the molecule is COC(=O)C1=CCC[C@@H]2[C@@](C)(C(C/C(C)=C/CO)O[C@@H]3O[C@H](CO)[C@@H](O)[C@H](O)[C@H]3O)[C@H](C)CC[C@@]12C. The molecule has 1 unspecified atom stereocenters. The maximum Gasteiger partial charge on any atom is 0.333 e. The molecular weight excluding hydrogens is 468 g/mol. The lowest BCUT2D eigenvalue weighted by Crippen LogP contribution is -2.62. The van der Waals surface area contributed by atoms with E-state index in [0.29, 0.717) is 12.0 Å². The molecule has 1 saturated carbocycles. The van der Waals surface area contributed by atoms with E-state index in [2.05, 4.69) is 20.8 Å². The standard InChI is InChI=1S/C27H44O9/c1-15(10-12-28)13-20(36-25-23(32)22(31)21(30)18(14-29)35-25)27(4)16(2)9-11-26(3)17(24(33)34-5)7-6-8-19(26)27/h7,10,16,18-23,25,28-32H,6,8-9,11-14H2,1-5H3/b15-10+/t16-,18-,19+,20?,21-,22+,23-,25+,26+,27+/m1/s1. The summed E-state index contributed by atoms with van der Waals surface area (Å²) in [5.74, 6) is -0.0871. The first kappa shape index (κ1) is 29.2. The highest BCUT2D eigenvalue weighted by Crippen LogP contribution is 2.63. The molecule has 0 bridgehead atoms.